The zero-order chi connectivity index (χ0) is 49.9. The number of carboxylic acids is 2. The van der Waals surface area contributed by atoms with E-state index >= 15 is 0 Å². The zero-order valence-electron chi connectivity index (χ0n) is 35.3. The number of aliphatic hydroxyl groups is 6. The molecule has 4 heterocycles. The molecule has 4 aromatic carbocycles. The Morgan fingerprint density at radius 3 is 1.54 bits per heavy atom. The molecule has 8 N–H and O–H groups in total. The monoisotopic (exact) mass is 958 g/mol. The summed E-state index contributed by atoms with van der Waals surface area (Å²) in [6.07, 6.45) is -22.8. The van der Waals surface area contributed by atoms with E-state index in [9.17, 15) is 79.2 Å². The van der Waals surface area contributed by atoms with Gasteiger partial charge >= 0.3 is 29.9 Å². The van der Waals surface area contributed by atoms with Gasteiger partial charge in [-0.1, -0.05) is 48.5 Å². The first-order valence-corrected chi connectivity index (χ1v) is 20.5. The number of imide groups is 2. The Morgan fingerprint density at radius 2 is 1.07 bits per heavy atom. The van der Waals surface area contributed by atoms with Crippen LogP contribution in [-0.2, 0) is 28.4 Å². The van der Waals surface area contributed by atoms with Gasteiger partial charge in [0.1, 0.15) is 30.5 Å². The van der Waals surface area contributed by atoms with Crippen LogP contribution in [0, 0.1) is 0 Å². The largest absolute Gasteiger partial charge is 0.478 e. The summed E-state index contributed by atoms with van der Waals surface area (Å²) in [5.74, 6) is -17.0. The molecule has 4 aromatic rings. The predicted octanol–water partition coefficient (Wildman–Crippen LogP) is -1.05. The van der Waals surface area contributed by atoms with Gasteiger partial charge in [0.15, 0.2) is 24.7 Å². The summed E-state index contributed by atoms with van der Waals surface area (Å²) in [5.41, 5.74) is -9.14. The number of rotatable bonds is 13. The number of carbonyl (C=O) groups excluding carboxylic acids is 6. The van der Waals surface area contributed by atoms with Gasteiger partial charge in [-0.15, -0.1) is 0 Å². The van der Waals surface area contributed by atoms with E-state index in [0.717, 1.165) is 49.6 Å². The Kier molecular flexibility index (Phi) is 12.7. The van der Waals surface area contributed by atoms with E-state index in [2.05, 4.69) is 0 Å². The minimum atomic E-state index is -4.41. The van der Waals surface area contributed by atoms with Gasteiger partial charge in [0.25, 0.3) is 29.4 Å². The Bertz CT molecular complexity index is 2730. The summed E-state index contributed by atoms with van der Waals surface area (Å²) in [7, 11) is 1.13. The van der Waals surface area contributed by atoms with Crippen LogP contribution in [0.2, 0.25) is 0 Å². The lowest BCUT2D eigenvalue weighted by molar-refractivity contribution is -0.529. The van der Waals surface area contributed by atoms with Crippen LogP contribution in [0.4, 0.5) is 0 Å². The molecule has 0 aromatic heterocycles. The number of aromatic carboxylic acids is 2. The van der Waals surface area contributed by atoms with Crippen LogP contribution >= 0.6 is 0 Å². The minimum Gasteiger partial charge on any atom is -0.478 e. The number of benzene rings is 4. The van der Waals surface area contributed by atoms with Gasteiger partial charge in [0.05, 0.1) is 51.1 Å². The quantitative estimate of drug-likeness (QED) is 0.0450. The maximum absolute atomic E-state index is 14.6. The second-order valence-corrected chi connectivity index (χ2v) is 15.8. The van der Waals surface area contributed by atoms with Crippen molar-refractivity contribution in [3.8, 4) is 0 Å². The van der Waals surface area contributed by atoms with Crippen molar-refractivity contribution >= 4 is 47.5 Å². The smallest absolute Gasteiger partial charge is 0.339 e. The van der Waals surface area contributed by atoms with Gasteiger partial charge in [-0.25, -0.2) is 29.0 Å². The van der Waals surface area contributed by atoms with Gasteiger partial charge in [-0.3, -0.25) is 23.9 Å². The number of fused-ring (bicyclic) bond motifs is 2. The molecular weight excluding hydrogens is 920 g/mol. The fourth-order valence-electron chi connectivity index (χ4n) is 8.44. The van der Waals surface area contributed by atoms with Crippen LogP contribution in [0.1, 0.15) is 82.9 Å². The molecule has 0 spiro atoms. The van der Waals surface area contributed by atoms with E-state index in [1.54, 1.807) is 0 Å². The molecule has 8 rings (SSSR count). The number of hydrogen-bond acceptors (Lipinski definition) is 20. The number of hydrogen-bond donors (Lipinski definition) is 8. The highest BCUT2D eigenvalue weighted by molar-refractivity contribution is 6.22. The molecule has 2 saturated heterocycles. The molecule has 4 aliphatic heterocycles. The second-order valence-electron chi connectivity index (χ2n) is 15.8. The van der Waals surface area contributed by atoms with E-state index in [0.29, 0.717) is 0 Å². The standard InChI is InChI=1S/C45H38N2O22/c1-64-18-27-28(48)29(49)30(50)43(65-27)69-45(63)44(62,47-36(53)21-12-4-5-13-22(21)37(47)54)33(67-42(61)26-17-9-7-15-24(26)40(58)59)31(66-41(60)25-16-8-6-14-23(25)39(56)57)32(68-45)38(55)46-34(51)19-10-2-3-11-20(19)35(46)52/h2-17,27-33,38,43,48-50,55,62-63H,18H2,1H3,(H,56,57)(H,58,59)/t27-,28-,29+,30-,31-,32+,33+,38?,43+,44-,45+/m0/s1. The normalized spacial score (nSPS) is 29.0. The molecule has 24 nitrogen and oxygen atoms in total. The Hall–Kier alpha value is -7.36. The van der Waals surface area contributed by atoms with Crippen molar-refractivity contribution in [1.82, 2.24) is 9.80 Å². The summed E-state index contributed by atoms with van der Waals surface area (Å²) in [4.78, 5) is 111. The van der Waals surface area contributed by atoms with Crippen molar-refractivity contribution in [2.24, 2.45) is 0 Å². The molecule has 24 heteroatoms. The van der Waals surface area contributed by atoms with Gasteiger partial charge < -0.3 is 64.5 Å². The summed E-state index contributed by atoms with van der Waals surface area (Å²) in [5, 5.41) is 91.7. The molecule has 0 aliphatic carbocycles. The number of aliphatic hydroxyl groups excluding tert-OH is 4. The summed E-state index contributed by atoms with van der Waals surface area (Å²) >= 11 is 0. The molecule has 0 radical (unpaired) electrons. The maximum atomic E-state index is 14.6. The first kappa shape index (κ1) is 48.1. The molecular formula is C45H38N2O22. The van der Waals surface area contributed by atoms with Crippen molar-refractivity contribution < 1.29 is 108 Å². The lowest BCUT2D eigenvalue weighted by Crippen LogP contribution is -2.83. The van der Waals surface area contributed by atoms with Crippen LogP contribution in [0.3, 0.4) is 0 Å². The van der Waals surface area contributed by atoms with Crippen LogP contribution in [0.5, 0.6) is 0 Å². The fraction of sp³-hybridized carbons (Fsp3) is 0.289. The Labute approximate surface area is 386 Å². The van der Waals surface area contributed by atoms with Crippen LogP contribution in [-0.4, -0.2) is 179 Å². The van der Waals surface area contributed by atoms with E-state index < -0.39 is 154 Å². The number of carboxylic acid groups (broad SMARTS) is 2. The molecule has 11 atom stereocenters. The summed E-state index contributed by atoms with van der Waals surface area (Å²) in [6, 6.07) is 18.1. The molecule has 0 saturated carbocycles. The summed E-state index contributed by atoms with van der Waals surface area (Å²) in [6.45, 7) is -0.576. The lowest BCUT2D eigenvalue weighted by Gasteiger charge is -2.57. The fourth-order valence-corrected chi connectivity index (χ4v) is 8.44. The Morgan fingerprint density at radius 1 is 0.638 bits per heavy atom. The van der Waals surface area contributed by atoms with Crippen LogP contribution in [0.15, 0.2) is 97.1 Å². The van der Waals surface area contributed by atoms with Gasteiger partial charge in [-0.05, 0) is 48.5 Å². The highest BCUT2D eigenvalue weighted by Crippen LogP contribution is 2.49. The summed E-state index contributed by atoms with van der Waals surface area (Å²) < 4.78 is 33.7. The van der Waals surface area contributed by atoms with E-state index in [-0.39, 0.29) is 20.9 Å². The van der Waals surface area contributed by atoms with E-state index in [1.807, 2.05) is 0 Å². The van der Waals surface area contributed by atoms with Crippen LogP contribution in [0.25, 0.3) is 0 Å². The van der Waals surface area contributed by atoms with E-state index in [4.69, 9.17) is 28.4 Å². The van der Waals surface area contributed by atoms with Crippen molar-refractivity contribution in [2.45, 2.75) is 66.9 Å². The number of amides is 4. The molecule has 2 fully saturated rings. The van der Waals surface area contributed by atoms with Crippen molar-refractivity contribution in [1.29, 1.82) is 0 Å². The second kappa shape index (κ2) is 18.3. The molecule has 4 aliphatic rings. The molecule has 1 unspecified atom stereocenters. The zero-order valence-corrected chi connectivity index (χ0v) is 35.3. The number of ether oxygens (including phenoxy) is 6. The highest BCUT2D eigenvalue weighted by Gasteiger charge is 2.77. The number of nitrogens with zero attached hydrogens (tertiary/aromatic N) is 2. The average molecular weight is 959 g/mol. The minimum absolute atomic E-state index is 0.105. The Balaban J connectivity index is 1.39. The number of esters is 2. The SMILES string of the molecule is COC[C@@H]1O[C@H](O[C@]2(O)O[C@@H](C(O)N3C(=O)c4ccccc4C3=O)[C@H](OC(=O)c3ccccc3C(=O)O)[C@@H](OC(=O)c3ccccc3C(=O)O)[C@@]2(O)N2C(=O)c3ccccc3C2=O)[C@@H](O)[C@H](O)[C@H]1O. The molecule has 69 heavy (non-hydrogen) atoms. The lowest BCUT2D eigenvalue weighted by atomic mass is 9.87. The molecule has 0 bridgehead atoms. The van der Waals surface area contributed by atoms with Gasteiger partial charge in [0, 0.05) is 7.11 Å². The van der Waals surface area contributed by atoms with Crippen LogP contribution < -0.4 is 0 Å². The number of carbonyl (C=O) groups is 8. The van der Waals surface area contributed by atoms with E-state index in [1.165, 1.54) is 54.6 Å². The highest BCUT2D eigenvalue weighted by atomic mass is 16.9. The molecule has 4 amide bonds. The first-order valence-electron chi connectivity index (χ1n) is 20.5. The third-order valence-corrected chi connectivity index (χ3v) is 11.8. The topological polar surface area (TPSA) is 360 Å². The average Bonchev–Trinajstić information content (AvgIpc) is 3.75. The van der Waals surface area contributed by atoms with Crippen molar-refractivity contribution in [2.75, 3.05) is 13.7 Å². The van der Waals surface area contributed by atoms with Crippen molar-refractivity contribution in [3.63, 3.8) is 0 Å². The maximum Gasteiger partial charge on any atom is 0.339 e. The first-order chi connectivity index (χ1) is 32.8. The van der Waals surface area contributed by atoms with Crippen molar-refractivity contribution in [3.05, 3.63) is 142 Å². The molecule has 360 valence electrons. The third-order valence-electron chi connectivity index (χ3n) is 11.8. The third kappa shape index (κ3) is 7.88. The number of methoxy groups -OCH3 is 1. The predicted molar refractivity (Wildman–Crippen MR) is 220 cm³/mol. The van der Waals surface area contributed by atoms with Gasteiger partial charge in [-0.2, -0.15) is 0 Å². The van der Waals surface area contributed by atoms with Gasteiger partial charge in [0.2, 0.25) is 0 Å².